The number of carbonyl (C=O) groups excluding carboxylic acids is 1. The molecule has 1 unspecified atom stereocenters. The van der Waals surface area contributed by atoms with E-state index in [-0.39, 0.29) is 24.1 Å². The lowest BCUT2D eigenvalue weighted by Crippen LogP contribution is -2.51. The van der Waals surface area contributed by atoms with Crippen LogP contribution in [-0.4, -0.2) is 55.0 Å². The molecule has 24 heavy (non-hydrogen) atoms. The molecule has 1 aromatic rings. The first kappa shape index (κ1) is 19.2. The van der Waals surface area contributed by atoms with Crippen LogP contribution in [0.25, 0.3) is 0 Å². The number of piperazine rings is 1. The van der Waals surface area contributed by atoms with Crippen molar-refractivity contribution in [3.05, 3.63) is 35.1 Å². The molecule has 1 aromatic carbocycles. The summed E-state index contributed by atoms with van der Waals surface area (Å²) < 4.78 is 13.5. The zero-order valence-electron chi connectivity index (χ0n) is 14.3. The Morgan fingerprint density at radius 1 is 1.29 bits per heavy atom. The van der Waals surface area contributed by atoms with E-state index in [1.165, 1.54) is 6.07 Å². The summed E-state index contributed by atoms with van der Waals surface area (Å²) in [7, 11) is 0. The van der Waals surface area contributed by atoms with E-state index in [4.69, 9.17) is 0 Å². The highest BCUT2D eigenvalue weighted by Crippen LogP contribution is 2.22. The minimum atomic E-state index is -0.184. The molecule has 2 fully saturated rings. The van der Waals surface area contributed by atoms with Gasteiger partial charge in [-0.05, 0) is 49.6 Å². The molecule has 0 radical (unpaired) electrons. The minimum Gasteiger partial charge on any atom is -0.340 e. The molecule has 6 heteroatoms. The normalized spacial score (nSPS) is 22.1. The maximum Gasteiger partial charge on any atom is 0.227 e. The topological polar surface area (TPSA) is 35.6 Å². The molecule has 2 aliphatic rings. The number of benzene rings is 1. The smallest absolute Gasteiger partial charge is 0.227 e. The van der Waals surface area contributed by atoms with Crippen molar-refractivity contribution in [2.75, 3.05) is 39.3 Å². The molecule has 2 aliphatic heterocycles. The Morgan fingerprint density at radius 3 is 2.79 bits per heavy atom. The minimum absolute atomic E-state index is 0. The highest BCUT2D eigenvalue weighted by Gasteiger charge is 2.29. The van der Waals surface area contributed by atoms with Crippen LogP contribution in [0.3, 0.4) is 0 Å². The molecule has 0 saturated carbocycles. The summed E-state index contributed by atoms with van der Waals surface area (Å²) in [4.78, 5) is 17.0. The third kappa shape index (κ3) is 4.68. The van der Waals surface area contributed by atoms with Crippen molar-refractivity contribution in [3.8, 4) is 0 Å². The van der Waals surface area contributed by atoms with Gasteiger partial charge in [0.15, 0.2) is 0 Å². The van der Waals surface area contributed by atoms with Crippen molar-refractivity contribution in [1.82, 2.24) is 15.1 Å². The van der Waals surface area contributed by atoms with Crippen molar-refractivity contribution in [2.24, 2.45) is 5.92 Å². The quantitative estimate of drug-likeness (QED) is 0.903. The standard InChI is InChI=1S/C18H26FN3O.ClH/c1-14-4-5-17(19)11-16(14)13-21-8-2-3-15(12-21)18(23)22-9-6-20-7-10-22;/h4-5,11,15,20H,2-3,6-10,12-13H2,1H3;1H. The number of amides is 1. The van der Waals surface area contributed by atoms with Crippen LogP contribution in [-0.2, 0) is 11.3 Å². The van der Waals surface area contributed by atoms with Gasteiger partial charge in [-0.3, -0.25) is 9.69 Å². The van der Waals surface area contributed by atoms with Crippen LogP contribution < -0.4 is 5.32 Å². The SMILES string of the molecule is Cc1ccc(F)cc1CN1CCCC(C(=O)N2CCNCC2)C1.Cl. The monoisotopic (exact) mass is 355 g/mol. The van der Waals surface area contributed by atoms with Gasteiger partial charge in [0.1, 0.15) is 5.82 Å². The second-order valence-corrected chi connectivity index (χ2v) is 6.72. The molecule has 0 spiro atoms. The van der Waals surface area contributed by atoms with Crippen LogP contribution in [0, 0.1) is 18.7 Å². The largest absolute Gasteiger partial charge is 0.340 e. The Hall–Kier alpha value is -1.17. The zero-order valence-corrected chi connectivity index (χ0v) is 15.1. The molecule has 3 rings (SSSR count). The zero-order chi connectivity index (χ0) is 16.2. The van der Waals surface area contributed by atoms with Crippen LogP contribution in [0.15, 0.2) is 18.2 Å². The van der Waals surface area contributed by atoms with Crippen LogP contribution in [0.5, 0.6) is 0 Å². The van der Waals surface area contributed by atoms with Crippen LogP contribution in [0.1, 0.15) is 24.0 Å². The molecule has 2 heterocycles. The summed E-state index contributed by atoms with van der Waals surface area (Å²) in [6, 6.07) is 4.96. The van der Waals surface area contributed by atoms with Crippen LogP contribution in [0.2, 0.25) is 0 Å². The Kier molecular flexibility index (Phi) is 7.02. The fourth-order valence-corrected chi connectivity index (χ4v) is 3.60. The Morgan fingerprint density at radius 2 is 2.04 bits per heavy atom. The average molecular weight is 356 g/mol. The van der Waals surface area contributed by atoms with E-state index in [0.29, 0.717) is 5.91 Å². The fourth-order valence-electron chi connectivity index (χ4n) is 3.60. The van der Waals surface area contributed by atoms with Gasteiger partial charge in [-0.2, -0.15) is 0 Å². The third-order valence-corrected chi connectivity index (χ3v) is 4.99. The highest BCUT2D eigenvalue weighted by atomic mass is 35.5. The molecule has 1 atom stereocenters. The van der Waals surface area contributed by atoms with Gasteiger partial charge in [0, 0.05) is 39.3 Å². The number of likely N-dealkylation sites (tertiary alicyclic amines) is 1. The number of nitrogens with zero attached hydrogens (tertiary/aromatic N) is 2. The summed E-state index contributed by atoms with van der Waals surface area (Å²) >= 11 is 0. The predicted molar refractivity (Wildman–Crippen MR) is 95.8 cm³/mol. The van der Waals surface area contributed by atoms with E-state index in [2.05, 4.69) is 10.2 Å². The van der Waals surface area contributed by atoms with Gasteiger partial charge in [-0.15, -0.1) is 12.4 Å². The molecule has 0 aliphatic carbocycles. The maximum atomic E-state index is 13.5. The summed E-state index contributed by atoms with van der Waals surface area (Å²) in [6.07, 6.45) is 2.01. The van der Waals surface area contributed by atoms with Crippen molar-refractivity contribution in [1.29, 1.82) is 0 Å². The molecule has 134 valence electrons. The van der Waals surface area contributed by atoms with E-state index in [1.54, 1.807) is 6.07 Å². The number of rotatable bonds is 3. The Balaban J connectivity index is 0.00000208. The van der Waals surface area contributed by atoms with Crippen molar-refractivity contribution in [3.63, 3.8) is 0 Å². The van der Waals surface area contributed by atoms with E-state index >= 15 is 0 Å². The fraction of sp³-hybridized carbons (Fsp3) is 0.611. The van der Waals surface area contributed by atoms with Gasteiger partial charge in [0.25, 0.3) is 0 Å². The number of piperidine rings is 1. The van der Waals surface area contributed by atoms with Gasteiger partial charge in [-0.25, -0.2) is 4.39 Å². The summed E-state index contributed by atoms with van der Waals surface area (Å²) in [6.45, 7) is 7.95. The second kappa shape index (κ2) is 8.79. The molecular weight excluding hydrogens is 329 g/mol. The molecule has 2 saturated heterocycles. The van der Waals surface area contributed by atoms with Gasteiger partial charge < -0.3 is 10.2 Å². The van der Waals surface area contributed by atoms with Crippen molar-refractivity contribution >= 4 is 18.3 Å². The molecule has 0 aromatic heterocycles. The number of carbonyl (C=O) groups is 1. The number of hydrogen-bond acceptors (Lipinski definition) is 3. The van der Waals surface area contributed by atoms with Gasteiger partial charge in [0.05, 0.1) is 5.92 Å². The first-order valence-electron chi connectivity index (χ1n) is 8.60. The molecule has 0 bridgehead atoms. The van der Waals surface area contributed by atoms with Gasteiger partial charge >= 0.3 is 0 Å². The summed E-state index contributed by atoms with van der Waals surface area (Å²) in [5.74, 6) is 0.207. The number of hydrogen-bond donors (Lipinski definition) is 1. The number of nitrogens with one attached hydrogen (secondary N) is 1. The van der Waals surface area contributed by atoms with Crippen LogP contribution >= 0.6 is 12.4 Å². The van der Waals surface area contributed by atoms with Gasteiger partial charge in [-0.1, -0.05) is 6.07 Å². The highest BCUT2D eigenvalue weighted by molar-refractivity contribution is 5.85. The van der Waals surface area contributed by atoms with Gasteiger partial charge in [0.2, 0.25) is 5.91 Å². The lowest BCUT2D eigenvalue weighted by atomic mass is 9.95. The Labute approximate surface area is 149 Å². The predicted octanol–water partition coefficient (Wildman–Crippen LogP) is 2.20. The number of aryl methyl sites for hydroxylation is 1. The summed E-state index contributed by atoms with van der Waals surface area (Å²) in [5, 5.41) is 3.29. The molecule has 1 N–H and O–H groups in total. The second-order valence-electron chi connectivity index (χ2n) is 6.72. The van der Waals surface area contributed by atoms with E-state index in [1.807, 2.05) is 17.9 Å². The molecule has 4 nitrogen and oxygen atoms in total. The van der Waals surface area contributed by atoms with E-state index in [9.17, 15) is 9.18 Å². The lowest BCUT2D eigenvalue weighted by molar-refractivity contribution is -0.138. The maximum absolute atomic E-state index is 13.5. The van der Waals surface area contributed by atoms with Crippen LogP contribution in [0.4, 0.5) is 4.39 Å². The Bertz CT molecular complexity index is 563. The summed E-state index contributed by atoms with van der Waals surface area (Å²) in [5.41, 5.74) is 2.14. The first-order valence-corrected chi connectivity index (χ1v) is 8.60. The van der Waals surface area contributed by atoms with E-state index in [0.717, 1.165) is 69.8 Å². The first-order chi connectivity index (χ1) is 11.1. The van der Waals surface area contributed by atoms with Crippen molar-refractivity contribution < 1.29 is 9.18 Å². The number of halogens is 2. The third-order valence-electron chi connectivity index (χ3n) is 4.99. The molecule has 1 amide bonds. The van der Waals surface area contributed by atoms with Crippen molar-refractivity contribution in [2.45, 2.75) is 26.3 Å². The lowest BCUT2D eigenvalue weighted by Gasteiger charge is -2.36. The van der Waals surface area contributed by atoms with E-state index < -0.39 is 0 Å². The average Bonchev–Trinajstić information content (AvgIpc) is 2.58. The molecular formula is C18H27ClFN3O.